The maximum Gasteiger partial charge on any atom is 0.323 e. The average Bonchev–Trinajstić information content (AvgIpc) is 2.33. The summed E-state index contributed by atoms with van der Waals surface area (Å²) in [5.41, 5.74) is -1.08. The minimum atomic E-state index is -1.08. The lowest BCUT2D eigenvalue weighted by molar-refractivity contribution is -0.145. The Morgan fingerprint density at radius 2 is 2.06 bits per heavy atom. The number of carbonyl (C=O) groups is 2. The van der Waals surface area contributed by atoms with Crippen molar-refractivity contribution in [3.63, 3.8) is 0 Å². The van der Waals surface area contributed by atoms with Crippen molar-refractivity contribution in [3.05, 3.63) is 0 Å². The lowest BCUT2D eigenvalue weighted by Crippen LogP contribution is -2.56. The fourth-order valence-electron chi connectivity index (χ4n) is 1.44. The number of carboxylic acid groups (broad SMARTS) is 1. The van der Waals surface area contributed by atoms with Gasteiger partial charge in [0.1, 0.15) is 5.54 Å². The van der Waals surface area contributed by atoms with Crippen LogP contribution in [0.25, 0.3) is 0 Å². The van der Waals surface area contributed by atoms with E-state index in [1.54, 1.807) is 27.9 Å². The minimum Gasteiger partial charge on any atom is -0.480 e. The van der Waals surface area contributed by atoms with E-state index in [1.807, 2.05) is 0 Å². The van der Waals surface area contributed by atoms with Crippen LogP contribution >= 0.6 is 0 Å². The van der Waals surface area contributed by atoms with Crippen molar-refractivity contribution < 1.29 is 19.4 Å². The smallest absolute Gasteiger partial charge is 0.323 e. The van der Waals surface area contributed by atoms with Gasteiger partial charge < -0.3 is 15.2 Å². The highest BCUT2D eigenvalue weighted by molar-refractivity contribution is 5.84. The molecule has 0 aromatic rings. The van der Waals surface area contributed by atoms with E-state index in [9.17, 15) is 9.59 Å². The monoisotopic (exact) mass is 260 g/mol. The molecule has 0 heterocycles. The van der Waals surface area contributed by atoms with Gasteiger partial charge in [0.05, 0.1) is 6.04 Å². The van der Waals surface area contributed by atoms with Gasteiger partial charge in [0.25, 0.3) is 0 Å². The van der Waals surface area contributed by atoms with Crippen LogP contribution in [0, 0.1) is 0 Å². The van der Waals surface area contributed by atoms with E-state index in [0.29, 0.717) is 19.6 Å². The zero-order valence-electron chi connectivity index (χ0n) is 11.6. The molecular weight excluding hydrogens is 236 g/mol. The largest absolute Gasteiger partial charge is 0.480 e. The summed E-state index contributed by atoms with van der Waals surface area (Å²) in [6.07, 6.45) is 1.14. The molecule has 3 N–H and O–H groups in total. The zero-order chi connectivity index (χ0) is 14.2. The van der Waals surface area contributed by atoms with E-state index in [1.165, 1.54) is 0 Å². The summed E-state index contributed by atoms with van der Waals surface area (Å²) in [6.45, 7) is 6.11. The van der Waals surface area contributed by atoms with Crippen molar-refractivity contribution in [3.8, 4) is 0 Å². The van der Waals surface area contributed by atoms with Crippen molar-refractivity contribution in [2.45, 2.75) is 45.2 Å². The fraction of sp³-hybridized carbons (Fsp3) is 0.833. The van der Waals surface area contributed by atoms with Gasteiger partial charge >= 0.3 is 5.97 Å². The molecule has 106 valence electrons. The lowest BCUT2D eigenvalue weighted by atomic mass is 9.98. The summed E-state index contributed by atoms with van der Waals surface area (Å²) < 4.78 is 4.87. The van der Waals surface area contributed by atoms with E-state index in [0.717, 1.165) is 6.42 Å². The molecule has 0 aliphatic heterocycles. The highest BCUT2D eigenvalue weighted by Gasteiger charge is 2.33. The van der Waals surface area contributed by atoms with E-state index in [2.05, 4.69) is 10.6 Å². The van der Waals surface area contributed by atoms with E-state index in [-0.39, 0.29) is 5.91 Å². The van der Waals surface area contributed by atoms with Crippen LogP contribution in [0.2, 0.25) is 0 Å². The summed E-state index contributed by atoms with van der Waals surface area (Å²) >= 11 is 0. The van der Waals surface area contributed by atoms with E-state index >= 15 is 0 Å². The number of methoxy groups -OCH3 is 1. The molecule has 2 atom stereocenters. The standard InChI is InChI=1S/C12H24N2O4/c1-5-12(3,11(16)17)14-9(2)10(15)13-7-6-8-18-4/h9,14H,5-8H2,1-4H3,(H,13,15)(H,16,17). The predicted molar refractivity (Wildman–Crippen MR) is 68.4 cm³/mol. The Hall–Kier alpha value is -1.14. The number of carbonyl (C=O) groups excluding carboxylic acids is 1. The number of rotatable bonds is 9. The van der Waals surface area contributed by atoms with Crippen molar-refractivity contribution in [2.24, 2.45) is 0 Å². The molecule has 2 unspecified atom stereocenters. The van der Waals surface area contributed by atoms with Crippen LogP contribution in [0.5, 0.6) is 0 Å². The van der Waals surface area contributed by atoms with Crippen molar-refractivity contribution in [1.82, 2.24) is 10.6 Å². The second-order valence-electron chi connectivity index (χ2n) is 4.49. The Balaban J connectivity index is 4.18. The SMILES string of the molecule is CCC(C)(NC(C)C(=O)NCCCOC)C(=O)O. The average molecular weight is 260 g/mol. The molecule has 6 heteroatoms. The maximum atomic E-state index is 11.7. The van der Waals surface area contributed by atoms with Crippen LogP contribution in [0.15, 0.2) is 0 Å². The predicted octanol–water partition coefficient (Wildman–Crippen LogP) is 0.371. The molecule has 0 saturated heterocycles. The fourth-order valence-corrected chi connectivity index (χ4v) is 1.44. The Kier molecular flexibility index (Phi) is 7.54. The number of amides is 1. The molecular formula is C12H24N2O4. The van der Waals surface area contributed by atoms with E-state index < -0.39 is 17.6 Å². The van der Waals surface area contributed by atoms with Gasteiger partial charge in [0, 0.05) is 20.3 Å². The molecule has 0 aliphatic rings. The third kappa shape index (κ3) is 5.46. The highest BCUT2D eigenvalue weighted by Crippen LogP contribution is 2.10. The Morgan fingerprint density at radius 3 is 2.50 bits per heavy atom. The molecule has 0 bridgehead atoms. The summed E-state index contributed by atoms with van der Waals surface area (Å²) in [5.74, 6) is -1.16. The van der Waals surface area contributed by atoms with Crippen molar-refractivity contribution in [1.29, 1.82) is 0 Å². The summed E-state index contributed by atoms with van der Waals surface area (Å²) in [7, 11) is 1.60. The Labute approximate surface area is 108 Å². The molecule has 0 aromatic carbocycles. The number of hydrogen-bond acceptors (Lipinski definition) is 4. The van der Waals surface area contributed by atoms with Crippen molar-refractivity contribution in [2.75, 3.05) is 20.3 Å². The van der Waals surface area contributed by atoms with Gasteiger partial charge in [-0.25, -0.2) is 0 Å². The minimum absolute atomic E-state index is 0.202. The third-order valence-corrected chi connectivity index (χ3v) is 2.93. The first-order chi connectivity index (χ1) is 8.37. The highest BCUT2D eigenvalue weighted by atomic mass is 16.5. The topological polar surface area (TPSA) is 87.7 Å². The van der Waals surface area contributed by atoms with E-state index in [4.69, 9.17) is 9.84 Å². The summed E-state index contributed by atoms with van der Waals surface area (Å²) in [6, 6.07) is -0.548. The van der Waals surface area contributed by atoms with Crippen LogP contribution < -0.4 is 10.6 Å². The number of hydrogen-bond donors (Lipinski definition) is 3. The van der Waals surface area contributed by atoms with Gasteiger partial charge in [-0.1, -0.05) is 6.92 Å². The molecule has 18 heavy (non-hydrogen) atoms. The maximum absolute atomic E-state index is 11.7. The molecule has 0 rings (SSSR count). The molecule has 0 aromatic heterocycles. The summed E-state index contributed by atoms with van der Waals surface area (Å²) in [4.78, 5) is 22.8. The van der Waals surface area contributed by atoms with Gasteiger partial charge in [0.15, 0.2) is 0 Å². The van der Waals surface area contributed by atoms with Gasteiger partial charge in [-0.15, -0.1) is 0 Å². The quantitative estimate of drug-likeness (QED) is 0.521. The molecule has 6 nitrogen and oxygen atoms in total. The molecule has 0 spiro atoms. The van der Waals surface area contributed by atoms with Gasteiger partial charge in [-0.3, -0.25) is 14.9 Å². The Bertz CT molecular complexity index is 283. The third-order valence-electron chi connectivity index (χ3n) is 2.93. The first-order valence-corrected chi connectivity index (χ1v) is 6.15. The molecule has 1 amide bonds. The van der Waals surface area contributed by atoms with Crippen LogP contribution in [-0.2, 0) is 14.3 Å². The number of nitrogens with one attached hydrogen (secondary N) is 2. The van der Waals surface area contributed by atoms with Crippen LogP contribution in [-0.4, -0.2) is 48.8 Å². The molecule has 0 fully saturated rings. The molecule has 0 radical (unpaired) electrons. The second-order valence-corrected chi connectivity index (χ2v) is 4.49. The van der Waals surface area contributed by atoms with Crippen LogP contribution in [0.3, 0.4) is 0 Å². The van der Waals surface area contributed by atoms with Crippen molar-refractivity contribution >= 4 is 11.9 Å². The number of aliphatic carboxylic acids is 1. The Morgan fingerprint density at radius 1 is 1.44 bits per heavy atom. The van der Waals surface area contributed by atoms with Crippen LogP contribution in [0.1, 0.15) is 33.6 Å². The van der Waals surface area contributed by atoms with Crippen LogP contribution in [0.4, 0.5) is 0 Å². The summed E-state index contributed by atoms with van der Waals surface area (Å²) in [5, 5.41) is 14.7. The first-order valence-electron chi connectivity index (χ1n) is 6.15. The normalized spacial score (nSPS) is 15.8. The first kappa shape index (κ1) is 16.9. The number of carboxylic acids is 1. The van der Waals surface area contributed by atoms with Gasteiger partial charge in [-0.2, -0.15) is 0 Å². The molecule has 0 saturated carbocycles. The van der Waals surface area contributed by atoms with Gasteiger partial charge in [-0.05, 0) is 26.7 Å². The zero-order valence-corrected chi connectivity index (χ0v) is 11.6. The second kappa shape index (κ2) is 8.05. The molecule has 0 aliphatic carbocycles. The number of ether oxygens (including phenoxy) is 1. The van der Waals surface area contributed by atoms with Gasteiger partial charge in [0.2, 0.25) is 5.91 Å². The lowest BCUT2D eigenvalue weighted by Gasteiger charge is -2.28.